The van der Waals surface area contributed by atoms with Crippen LogP contribution in [0.3, 0.4) is 0 Å². The molecule has 0 bridgehead atoms. The van der Waals surface area contributed by atoms with Crippen molar-refractivity contribution in [3.8, 4) is 0 Å². The summed E-state index contributed by atoms with van der Waals surface area (Å²) < 4.78 is 10.5. The van der Waals surface area contributed by atoms with E-state index in [2.05, 4.69) is 10.6 Å². The van der Waals surface area contributed by atoms with Gasteiger partial charge in [0.25, 0.3) is 5.91 Å². The van der Waals surface area contributed by atoms with Crippen molar-refractivity contribution < 1.29 is 28.7 Å². The van der Waals surface area contributed by atoms with Gasteiger partial charge in [-0.05, 0) is 57.6 Å². The first-order chi connectivity index (χ1) is 18.0. The molecule has 38 heavy (non-hydrogen) atoms. The summed E-state index contributed by atoms with van der Waals surface area (Å²) in [5.74, 6) is -0.620. The summed E-state index contributed by atoms with van der Waals surface area (Å²) in [4.78, 5) is 50.8. The molecule has 5 amide bonds. The van der Waals surface area contributed by atoms with Crippen LogP contribution in [0.2, 0.25) is 0 Å². The van der Waals surface area contributed by atoms with Gasteiger partial charge in [0.15, 0.2) is 0 Å². The van der Waals surface area contributed by atoms with Gasteiger partial charge in [0.1, 0.15) is 18.2 Å². The first-order valence-electron chi connectivity index (χ1n) is 12.6. The van der Waals surface area contributed by atoms with Gasteiger partial charge in [-0.3, -0.25) is 9.69 Å². The smallest absolute Gasteiger partial charge is 0.408 e. The zero-order valence-corrected chi connectivity index (χ0v) is 22.3. The SMILES string of the molecule is CC(C)(C)OC(=O)NCCCCC(NC(=O)OCc1ccccc1)C(=O)N(CCc1ccccc1)C(N)=O. The van der Waals surface area contributed by atoms with Gasteiger partial charge in [0.05, 0.1) is 0 Å². The highest BCUT2D eigenvalue weighted by Crippen LogP contribution is 2.10. The van der Waals surface area contributed by atoms with Gasteiger partial charge in [-0.15, -0.1) is 0 Å². The van der Waals surface area contributed by atoms with Gasteiger partial charge < -0.3 is 25.8 Å². The maximum Gasteiger partial charge on any atom is 0.408 e. The Morgan fingerprint density at radius 2 is 1.50 bits per heavy atom. The third-order valence-electron chi connectivity index (χ3n) is 5.39. The number of nitrogens with zero attached hydrogens (tertiary/aromatic N) is 1. The lowest BCUT2D eigenvalue weighted by atomic mass is 10.1. The highest BCUT2D eigenvalue weighted by atomic mass is 16.6. The Morgan fingerprint density at radius 3 is 2.08 bits per heavy atom. The quantitative estimate of drug-likeness (QED) is 0.355. The van der Waals surface area contributed by atoms with Crippen LogP contribution in [0.4, 0.5) is 14.4 Å². The second kappa shape index (κ2) is 15.2. The number of hydrogen-bond acceptors (Lipinski definition) is 6. The fourth-order valence-electron chi connectivity index (χ4n) is 3.55. The zero-order chi connectivity index (χ0) is 28.0. The van der Waals surface area contributed by atoms with E-state index in [1.54, 1.807) is 20.8 Å². The van der Waals surface area contributed by atoms with Gasteiger partial charge >= 0.3 is 18.2 Å². The predicted octanol–water partition coefficient (Wildman–Crippen LogP) is 4.13. The minimum Gasteiger partial charge on any atom is -0.445 e. The molecule has 206 valence electrons. The second-order valence-electron chi connectivity index (χ2n) is 9.75. The number of hydrogen-bond donors (Lipinski definition) is 3. The number of urea groups is 1. The number of alkyl carbamates (subject to hydrolysis) is 2. The van der Waals surface area contributed by atoms with E-state index in [1.165, 1.54) is 0 Å². The first kappa shape index (κ1) is 30.1. The average Bonchev–Trinajstić information content (AvgIpc) is 2.86. The van der Waals surface area contributed by atoms with Crippen molar-refractivity contribution in [3.63, 3.8) is 0 Å². The molecule has 0 aliphatic carbocycles. The molecule has 0 aliphatic rings. The van der Waals surface area contributed by atoms with Crippen molar-refractivity contribution in [1.82, 2.24) is 15.5 Å². The number of nitrogens with one attached hydrogen (secondary N) is 2. The summed E-state index contributed by atoms with van der Waals surface area (Å²) in [5.41, 5.74) is 6.65. The van der Waals surface area contributed by atoms with Gasteiger partial charge in [-0.25, -0.2) is 14.4 Å². The van der Waals surface area contributed by atoms with E-state index in [9.17, 15) is 19.2 Å². The highest BCUT2D eigenvalue weighted by molar-refractivity contribution is 5.97. The van der Waals surface area contributed by atoms with Crippen LogP contribution in [0.25, 0.3) is 0 Å². The number of carbonyl (C=O) groups is 4. The predicted molar refractivity (Wildman–Crippen MR) is 143 cm³/mol. The minimum atomic E-state index is -1.04. The van der Waals surface area contributed by atoms with Crippen LogP contribution in [-0.2, 0) is 27.3 Å². The summed E-state index contributed by atoms with van der Waals surface area (Å²) in [5, 5.41) is 5.24. The molecular weight excluding hydrogens is 488 g/mol. The molecule has 1 atom stereocenters. The molecule has 10 nitrogen and oxygen atoms in total. The van der Waals surface area contributed by atoms with Gasteiger partial charge in [0.2, 0.25) is 0 Å². The first-order valence-corrected chi connectivity index (χ1v) is 12.6. The number of ether oxygens (including phenoxy) is 2. The van der Waals surface area contributed by atoms with Gasteiger partial charge in [0, 0.05) is 13.1 Å². The summed E-state index contributed by atoms with van der Waals surface area (Å²) >= 11 is 0. The molecule has 0 heterocycles. The van der Waals surface area contributed by atoms with E-state index >= 15 is 0 Å². The Hall–Kier alpha value is -4.08. The number of nitrogens with two attached hydrogens (primary N) is 1. The van der Waals surface area contributed by atoms with Crippen LogP contribution in [0, 0.1) is 0 Å². The van der Waals surface area contributed by atoms with Gasteiger partial charge in [-0.1, -0.05) is 60.7 Å². The van der Waals surface area contributed by atoms with E-state index in [4.69, 9.17) is 15.2 Å². The number of unbranched alkanes of at least 4 members (excludes halogenated alkanes) is 1. The fraction of sp³-hybridized carbons (Fsp3) is 0.429. The minimum absolute atomic E-state index is 0.0287. The van der Waals surface area contributed by atoms with Crippen LogP contribution in [0.15, 0.2) is 60.7 Å². The number of benzene rings is 2. The summed E-state index contributed by atoms with van der Waals surface area (Å²) in [6, 6.07) is 16.6. The van der Waals surface area contributed by atoms with E-state index < -0.39 is 35.8 Å². The van der Waals surface area contributed by atoms with Crippen LogP contribution in [-0.4, -0.2) is 53.8 Å². The summed E-state index contributed by atoms with van der Waals surface area (Å²) in [6.45, 7) is 5.73. The topological polar surface area (TPSA) is 140 Å². The standard InChI is InChI=1S/C28H38N4O6/c1-28(2,3)38-26(35)30-18-11-10-16-23(31-27(36)37-20-22-14-8-5-9-15-22)24(33)32(25(29)34)19-17-21-12-6-4-7-13-21/h4-9,12-15,23H,10-11,16-20H2,1-3H3,(H2,29,34)(H,30,35)(H,31,36). The van der Waals surface area contributed by atoms with E-state index in [1.807, 2.05) is 60.7 Å². The Balaban J connectivity index is 1.99. The van der Waals surface area contributed by atoms with Crippen LogP contribution < -0.4 is 16.4 Å². The molecule has 0 aliphatic heterocycles. The molecule has 2 rings (SSSR count). The molecule has 2 aromatic carbocycles. The van der Waals surface area contributed by atoms with E-state index in [0.29, 0.717) is 25.8 Å². The van der Waals surface area contributed by atoms with Crippen molar-refractivity contribution in [1.29, 1.82) is 0 Å². The molecular formula is C28H38N4O6. The lowest BCUT2D eigenvalue weighted by molar-refractivity contribution is -0.130. The normalized spacial score (nSPS) is 11.7. The summed E-state index contributed by atoms with van der Waals surface area (Å²) in [7, 11) is 0. The van der Waals surface area contributed by atoms with Crippen LogP contribution >= 0.6 is 0 Å². The largest absolute Gasteiger partial charge is 0.445 e. The highest BCUT2D eigenvalue weighted by Gasteiger charge is 2.29. The number of primary amides is 1. The lowest BCUT2D eigenvalue weighted by Crippen LogP contribution is -2.52. The Morgan fingerprint density at radius 1 is 0.895 bits per heavy atom. The molecule has 2 aromatic rings. The van der Waals surface area contributed by atoms with E-state index in [0.717, 1.165) is 16.0 Å². The number of carbonyl (C=O) groups excluding carboxylic acids is 4. The Bertz CT molecular complexity index is 1040. The van der Waals surface area contributed by atoms with Crippen LogP contribution in [0.1, 0.15) is 51.2 Å². The third kappa shape index (κ3) is 11.8. The Kier molecular flexibility index (Phi) is 12.1. The molecule has 0 spiro atoms. The molecule has 0 saturated heterocycles. The Labute approximate surface area is 223 Å². The number of amides is 5. The molecule has 1 unspecified atom stereocenters. The van der Waals surface area contributed by atoms with E-state index in [-0.39, 0.29) is 19.6 Å². The van der Waals surface area contributed by atoms with Crippen molar-refractivity contribution in [2.75, 3.05) is 13.1 Å². The maximum atomic E-state index is 13.3. The van der Waals surface area contributed by atoms with Crippen molar-refractivity contribution in [3.05, 3.63) is 71.8 Å². The number of imide groups is 1. The molecule has 4 N–H and O–H groups in total. The second-order valence-corrected chi connectivity index (χ2v) is 9.75. The summed E-state index contributed by atoms with van der Waals surface area (Å²) in [6.07, 6.45) is 0.297. The third-order valence-corrected chi connectivity index (χ3v) is 5.39. The molecule has 0 fully saturated rings. The average molecular weight is 527 g/mol. The maximum absolute atomic E-state index is 13.3. The zero-order valence-electron chi connectivity index (χ0n) is 22.3. The van der Waals surface area contributed by atoms with Crippen LogP contribution in [0.5, 0.6) is 0 Å². The molecule has 10 heteroatoms. The van der Waals surface area contributed by atoms with Crippen molar-refractivity contribution >= 4 is 24.1 Å². The number of rotatable bonds is 12. The lowest BCUT2D eigenvalue weighted by Gasteiger charge is -2.25. The van der Waals surface area contributed by atoms with Crippen molar-refractivity contribution in [2.24, 2.45) is 5.73 Å². The molecule has 0 radical (unpaired) electrons. The fourth-order valence-corrected chi connectivity index (χ4v) is 3.55. The van der Waals surface area contributed by atoms with Crippen molar-refractivity contribution in [2.45, 2.75) is 64.7 Å². The molecule has 0 saturated carbocycles. The van der Waals surface area contributed by atoms with Gasteiger partial charge in [-0.2, -0.15) is 0 Å². The molecule has 0 aromatic heterocycles. The monoisotopic (exact) mass is 526 g/mol.